The average molecular weight is 283 g/mol. The van der Waals surface area contributed by atoms with Crippen molar-refractivity contribution in [3.05, 3.63) is 0 Å². The summed E-state index contributed by atoms with van der Waals surface area (Å²) < 4.78 is 7.41. The molecule has 1 aliphatic heterocycles. The first-order chi connectivity index (χ1) is 2.50. The quantitative estimate of drug-likeness (QED) is 0.514. The van der Waals surface area contributed by atoms with Gasteiger partial charge in [-0.25, -0.2) is 0 Å². The predicted octanol–water partition coefficient (Wildman–Crippen LogP) is -0.734. The topological polar surface area (TPSA) is 0 Å². The zero-order chi connectivity index (χ0) is 3.54. The van der Waals surface area contributed by atoms with E-state index in [1.165, 1.54) is 4.37 Å². The van der Waals surface area contributed by atoms with E-state index in [9.17, 15) is 0 Å². The third kappa shape index (κ3) is 1.51. The SMILES string of the molecule is [C]1=[Sb][CH2][CH]=[Sb]1. The zero-order valence-corrected chi connectivity index (χ0v) is 7.78. The van der Waals surface area contributed by atoms with Crippen LogP contribution >= 0.6 is 0 Å². The third-order valence-electron chi connectivity index (χ3n) is 0.393. The Labute approximate surface area is 52.0 Å². The maximum atomic E-state index is 3.47. The molecule has 0 aliphatic carbocycles. The van der Waals surface area contributed by atoms with Gasteiger partial charge in [-0.1, -0.05) is 0 Å². The van der Waals surface area contributed by atoms with Crippen LogP contribution in [0.5, 0.6) is 0 Å². The van der Waals surface area contributed by atoms with Crippen molar-refractivity contribution in [2.75, 3.05) is 0 Å². The van der Waals surface area contributed by atoms with E-state index in [2.05, 4.69) is 5.85 Å². The molecule has 0 spiro atoms. The van der Waals surface area contributed by atoms with Gasteiger partial charge >= 0.3 is 52.5 Å². The fraction of sp³-hybridized carbons (Fsp3) is 0.333. The Morgan fingerprint density at radius 1 is 1.80 bits per heavy atom. The summed E-state index contributed by atoms with van der Waals surface area (Å²) in [6, 6.07) is 0. The number of hydrogen-bond acceptors (Lipinski definition) is 0. The minimum absolute atomic E-state index is 0.158. The molecular weight excluding hydrogens is 280 g/mol. The molecule has 0 N–H and O–H groups in total. The van der Waals surface area contributed by atoms with E-state index in [-0.39, 0.29) is 42.3 Å². The molecule has 0 saturated carbocycles. The first-order valence-electron chi connectivity index (χ1n) is 1.43. The van der Waals surface area contributed by atoms with Crippen LogP contribution in [0.3, 0.4) is 0 Å². The first kappa shape index (κ1) is 4.53. The van der Waals surface area contributed by atoms with E-state index in [0.29, 0.717) is 0 Å². The molecule has 0 aromatic rings. The molecule has 0 unspecified atom stereocenters. The minimum atomic E-state index is 0.158. The van der Waals surface area contributed by atoms with Crippen molar-refractivity contribution in [3.63, 3.8) is 0 Å². The standard InChI is InChI=1S/C2H3.C.2Sb/c1-2;;;/h1H,2H2;;;. The summed E-state index contributed by atoms with van der Waals surface area (Å²) in [5.41, 5.74) is 0. The van der Waals surface area contributed by atoms with Crippen molar-refractivity contribution in [2.45, 2.75) is 4.37 Å². The molecule has 25 valence electrons. The van der Waals surface area contributed by atoms with E-state index in [4.69, 9.17) is 0 Å². The summed E-state index contributed by atoms with van der Waals surface area (Å²) in [5.74, 6) is 0. The summed E-state index contributed by atoms with van der Waals surface area (Å²) in [6.07, 6.45) is 0. The van der Waals surface area contributed by atoms with E-state index in [1.54, 1.807) is 0 Å². The summed E-state index contributed by atoms with van der Waals surface area (Å²) in [5, 5.41) is 0. The van der Waals surface area contributed by atoms with E-state index in [0.717, 1.165) is 0 Å². The summed E-state index contributed by atoms with van der Waals surface area (Å²) in [7, 11) is 0. The van der Waals surface area contributed by atoms with Crippen molar-refractivity contribution < 1.29 is 0 Å². The van der Waals surface area contributed by atoms with Crippen molar-refractivity contribution in [2.24, 2.45) is 0 Å². The van der Waals surface area contributed by atoms with Gasteiger partial charge in [0.2, 0.25) is 0 Å². The van der Waals surface area contributed by atoms with Crippen LogP contribution in [0.25, 0.3) is 0 Å². The summed E-state index contributed by atoms with van der Waals surface area (Å²) >= 11 is 0.386. The fourth-order valence-corrected chi connectivity index (χ4v) is 9.19. The molecule has 0 nitrogen and oxygen atoms in total. The molecule has 0 saturated heterocycles. The van der Waals surface area contributed by atoms with Crippen LogP contribution in [0, 0.1) is 0 Å². The predicted molar refractivity (Wildman–Crippen MR) is 27.4 cm³/mol. The Bertz CT molecular complexity index is 63.0. The Morgan fingerprint density at radius 2 is 2.80 bits per heavy atom. The molecule has 1 heterocycles. The Hall–Kier alpha value is 1.38. The molecule has 0 aromatic heterocycles. The van der Waals surface area contributed by atoms with Gasteiger partial charge in [-0.3, -0.25) is 0 Å². The van der Waals surface area contributed by atoms with Gasteiger partial charge < -0.3 is 0 Å². The molecule has 1 rings (SSSR count). The van der Waals surface area contributed by atoms with Gasteiger partial charge in [0.05, 0.1) is 0 Å². The number of hydrogen-bond donors (Lipinski definition) is 0. The fourth-order valence-electron chi connectivity index (χ4n) is 0.204. The van der Waals surface area contributed by atoms with E-state index >= 15 is 0 Å². The van der Waals surface area contributed by atoms with Gasteiger partial charge in [0.15, 0.2) is 0 Å². The van der Waals surface area contributed by atoms with Crippen LogP contribution in [0.1, 0.15) is 0 Å². The van der Waals surface area contributed by atoms with Crippen molar-refractivity contribution in [1.29, 1.82) is 0 Å². The Kier molecular flexibility index (Phi) is 2.30. The zero-order valence-electron chi connectivity index (χ0n) is 2.68. The third-order valence-corrected chi connectivity index (χ3v) is 10.7. The molecule has 5 heavy (non-hydrogen) atoms. The van der Waals surface area contributed by atoms with Crippen LogP contribution in [-0.4, -0.2) is 48.1 Å². The molecule has 0 fully saturated rings. The van der Waals surface area contributed by atoms with Gasteiger partial charge in [-0.05, 0) is 0 Å². The molecule has 1 aliphatic rings. The first-order valence-corrected chi connectivity index (χ1v) is 7.26. The maximum absolute atomic E-state index is 3.47. The second kappa shape index (κ2) is 2.53. The van der Waals surface area contributed by atoms with Crippen LogP contribution < -0.4 is 0 Å². The number of rotatable bonds is 0. The van der Waals surface area contributed by atoms with Crippen LogP contribution in [0.15, 0.2) is 0 Å². The van der Waals surface area contributed by atoms with Gasteiger partial charge in [0, 0.05) is 0 Å². The molecule has 0 atom stereocenters. The Morgan fingerprint density at radius 3 is 3.00 bits per heavy atom. The van der Waals surface area contributed by atoms with Gasteiger partial charge in [0.1, 0.15) is 0 Å². The molecule has 0 bridgehead atoms. The second-order valence-electron chi connectivity index (χ2n) is 0.752. The van der Waals surface area contributed by atoms with Gasteiger partial charge in [0.25, 0.3) is 0 Å². The van der Waals surface area contributed by atoms with E-state index < -0.39 is 0 Å². The molecule has 0 aromatic carbocycles. The average Bonchev–Trinajstić information content (AvgIpc) is 1.76. The molecule has 1 radical (unpaired) electrons. The van der Waals surface area contributed by atoms with Gasteiger partial charge in [-0.2, -0.15) is 0 Å². The molecule has 0 amide bonds. The van der Waals surface area contributed by atoms with Crippen molar-refractivity contribution in [3.8, 4) is 0 Å². The van der Waals surface area contributed by atoms with Crippen LogP contribution in [0.4, 0.5) is 0 Å². The molecule has 2 heteroatoms. The summed E-state index contributed by atoms with van der Waals surface area (Å²) in [4.78, 5) is 0. The molecular formula is C3H3Sb2. The van der Waals surface area contributed by atoms with E-state index in [1.807, 2.05) is 0 Å². The summed E-state index contributed by atoms with van der Waals surface area (Å²) in [6.45, 7) is 0. The monoisotopic (exact) mass is 281 g/mol. The van der Waals surface area contributed by atoms with Crippen LogP contribution in [0.2, 0.25) is 4.37 Å². The van der Waals surface area contributed by atoms with Crippen LogP contribution in [-0.2, 0) is 0 Å². The van der Waals surface area contributed by atoms with Gasteiger partial charge in [-0.15, -0.1) is 0 Å². The van der Waals surface area contributed by atoms with Crippen molar-refractivity contribution in [1.82, 2.24) is 0 Å². The second-order valence-corrected chi connectivity index (χ2v) is 8.88. The Balaban J connectivity index is 2.61. The normalized spacial score (nSPS) is 17.6. The van der Waals surface area contributed by atoms with Crippen molar-refractivity contribution >= 4 is 48.1 Å².